The molecular formula is C15H26S6. The summed E-state index contributed by atoms with van der Waals surface area (Å²) in [5.74, 6) is 12.7. The van der Waals surface area contributed by atoms with E-state index in [-0.39, 0.29) is 0 Å². The average molecular weight is 399 g/mol. The van der Waals surface area contributed by atoms with Crippen molar-refractivity contribution in [1.82, 2.24) is 0 Å². The maximum absolute atomic E-state index is 2.44. The van der Waals surface area contributed by atoms with E-state index in [0.29, 0.717) is 5.41 Å². The molecule has 122 valence electrons. The molecule has 3 rings (SSSR count). The van der Waals surface area contributed by atoms with Gasteiger partial charge in [0.1, 0.15) is 0 Å². The van der Waals surface area contributed by atoms with Crippen molar-refractivity contribution in [3.63, 3.8) is 0 Å². The molecule has 0 aliphatic carbocycles. The lowest BCUT2D eigenvalue weighted by molar-refractivity contribution is 0.428. The third kappa shape index (κ3) is 7.25. The predicted molar refractivity (Wildman–Crippen MR) is 113 cm³/mol. The van der Waals surface area contributed by atoms with Crippen molar-refractivity contribution in [1.29, 1.82) is 0 Å². The summed E-state index contributed by atoms with van der Waals surface area (Å²) in [6.07, 6.45) is 1.37. The Morgan fingerprint density at radius 1 is 0.762 bits per heavy atom. The maximum atomic E-state index is 2.44. The van der Waals surface area contributed by atoms with Gasteiger partial charge in [0, 0.05) is 67.5 Å². The van der Waals surface area contributed by atoms with Gasteiger partial charge in [0.25, 0.3) is 0 Å². The van der Waals surface area contributed by atoms with Gasteiger partial charge in [-0.1, -0.05) is 6.92 Å². The molecule has 3 atom stereocenters. The molecule has 3 unspecified atom stereocenters. The van der Waals surface area contributed by atoms with E-state index in [2.05, 4.69) is 77.5 Å². The van der Waals surface area contributed by atoms with Crippen LogP contribution in [0.2, 0.25) is 0 Å². The molecule has 3 heterocycles. The van der Waals surface area contributed by atoms with Crippen LogP contribution in [0.1, 0.15) is 13.3 Å². The summed E-state index contributed by atoms with van der Waals surface area (Å²) in [5, 5.41) is 2.99. The van der Waals surface area contributed by atoms with Crippen LogP contribution in [0.5, 0.6) is 0 Å². The fourth-order valence-electron chi connectivity index (χ4n) is 2.14. The number of rotatable bonds is 13. The summed E-state index contributed by atoms with van der Waals surface area (Å²) < 4.78 is 0. The number of hydrogen-bond donors (Lipinski definition) is 0. The second kappa shape index (κ2) is 8.98. The normalized spacial score (nSPS) is 32.7. The third-order valence-corrected chi connectivity index (χ3v) is 12.0. The van der Waals surface area contributed by atoms with E-state index in [1.165, 1.54) is 58.2 Å². The van der Waals surface area contributed by atoms with Gasteiger partial charge in [0.15, 0.2) is 0 Å². The van der Waals surface area contributed by atoms with Gasteiger partial charge in [-0.3, -0.25) is 0 Å². The van der Waals surface area contributed by atoms with Crippen molar-refractivity contribution in [2.75, 3.05) is 51.8 Å². The first-order valence-corrected chi connectivity index (χ1v) is 14.5. The second-order valence-corrected chi connectivity index (χ2v) is 13.4. The van der Waals surface area contributed by atoms with Gasteiger partial charge in [0.2, 0.25) is 0 Å². The smallest absolute Gasteiger partial charge is 0.0229 e. The molecule has 6 heteroatoms. The van der Waals surface area contributed by atoms with Crippen LogP contribution in [0.3, 0.4) is 0 Å². The van der Waals surface area contributed by atoms with E-state index < -0.39 is 0 Å². The Morgan fingerprint density at radius 3 is 1.33 bits per heavy atom. The molecule has 0 aromatic carbocycles. The second-order valence-electron chi connectivity index (χ2n) is 6.26. The van der Waals surface area contributed by atoms with Gasteiger partial charge in [0.05, 0.1) is 0 Å². The zero-order valence-corrected chi connectivity index (χ0v) is 17.7. The highest BCUT2D eigenvalue weighted by molar-refractivity contribution is 8.09. The van der Waals surface area contributed by atoms with Crippen molar-refractivity contribution in [2.24, 2.45) is 5.41 Å². The first kappa shape index (κ1) is 17.9. The van der Waals surface area contributed by atoms with E-state index in [4.69, 9.17) is 0 Å². The molecule has 3 aliphatic heterocycles. The van der Waals surface area contributed by atoms with Crippen LogP contribution in [0.15, 0.2) is 0 Å². The van der Waals surface area contributed by atoms with Gasteiger partial charge >= 0.3 is 0 Å². The highest BCUT2D eigenvalue weighted by Gasteiger charge is 2.32. The summed E-state index contributed by atoms with van der Waals surface area (Å²) in [6, 6.07) is 0. The Labute approximate surface area is 156 Å². The summed E-state index contributed by atoms with van der Waals surface area (Å²) in [6.45, 7) is 2.44. The highest BCUT2D eigenvalue weighted by Crippen LogP contribution is 2.41. The number of thioether (sulfide) groups is 6. The zero-order valence-electron chi connectivity index (χ0n) is 12.8. The summed E-state index contributed by atoms with van der Waals surface area (Å²) in [5.41, 5.74) is 0.596. The molecule has 0 aromatic heterocycles. The molecule has 0 nitrogen and oxygen atoms in total. The number of hydrogen-bond acceptors (Lipinski definition) is 6. The van der Waals surface area contributed by atoms with E-state index in [9.17, 15) is 0 Å². The minimum absolute atomic E-state index is 0.596. The SMILES string of the molecule is CCC(CSCC1CS1)(CSCC1CS1)CSCC1CS1. The van der Waals surface area contributed by atoms with Gasteiger partial charge < -0.3 is 0 Å². The fourth-order valence-corrected chi connectivity index (χ4v) is 9.78. The van der Waals surface area contributed by atoms with Gasteiger partial charge in [-0.2, -0.15) is 70.6 Å². The topological polar surface area (TPSA) is 0 Å². The minimum Gasteiger partial charge on any atom is -0.160 e. The lowest BCUT2D eigenvalue weighted by Crippen LogP contribution is -2.30. The van der Waals surface area contributed by atoms with E-state index >= 15 is 0 Å². The lowest BCUT2D eigenvalue weighted by Gasteiger charge is -2.32. The lowest BCUT2D eigenvalue weighted by atomic mass is 9.92. The summed E-state index contributed by atoms with van der Waals surface area (Å²) in [7, 11) is 0. The Kier molecular flexibility index (Phi) is 7.66. The van der Waals surface area contributed by atoms with Crippen molar-refractivity contribution in [3.05, 3.63) is 0 Å². The molecule has 21 heavy (non-hydrogen) atoms. The average Bonchev–Trinajstić information content (AvgIpc) is 3.34. The van der Waals surface area contributed by atoms with Crippen LogP contribution in [0.25, 0.3) is 0 Å². The van der Waals surface area contributed by atoms with Gasteiger partial charge in [-0.15, -0.1) is 0 Å². The minimum atomic E-state index is 0.596. The largest absolute Gasteiger partial charge is 0.160 e. The van der Waals surface area contributed by atoms with Crippen LogP contribution >= 0.6 is 70.6 Å². The van der Waals surface area contributed by atoms with Crippen molar-refractivity contribution >= 4 is 70.6 Å². The Morgan fingerprint density at radius 2 is 1.10 bits per heavy atom. The third-order valence-electron chi connectivity index (χ3n) is 4.09. The van der Waals surface area contributed by atoms with Crippen molar-refractivity contribution in [3.8, 4) is 0 Å². The van der Waals surface area contributed by atoms with E-state index in [0.717, 1.165) is 15.7 Å². The first-order valence-electron chi connectivity index (χ1n) is 7.88. The Hall–Kier alpha value is 2.10. The Balaban J connectivity index is 1.41. The van der Waals surface area contributed by atoms with Crippen LogP contribution in [0, 0.1) is 5.41 Å². The fraction of sp³-hybridized carbons (Fsp3) is 1.00. The first-order chi connectivity index (χ1) is 10.3. The van der Waals surface area contributed by atoms with E-state index in [1.54, 1.807) is 0 Å². The molecule has 0 spiro atoms. The summed E-state index contributed by atoms with van der Waals surface area (Å²) in [4.78, 5) is 0. The molecular weight excluding hydrogens is 373 g/mol. The van der Waals surface area contributed by atoms with Crippen molar-refractivity contribution in [2.45, 2.75) is 29.1 Å². The molecule has 0 N–H and O–H groups in total. The molecule has 3 saturated heterocycles. The van der Waals surface area contributed by atoms with Crippen LogP contribution in [-0.4, -0.2) is 67.5 Å². The van der Waals surface area contributed by atoms with Crippen molar-refractivity contribution < 1.29 is 0 Å². The predicted octanol–water partition coefficient (Wildman–Crippen LogP) is 4.93. The standard InChI is InChI=1S/C15H26S6/c1-2-15(9-16-3-12-6-19-12,10-17-4-13-7-20-13)11-18-5-14-8-21-14/h12-14H,2-11H2,1H3. The molecule has 0 bridgehead atoms. The van der Waals surface area contributed by atoms with Crippen LogP contribution < -0.4 is 0 Å². The molecule has 0 amide bonds. The molecule has 3 aliphatic rings. The van der Waals surface area contributed by atoms with Gasteiger partial charge in [-0.05, 0) is 11.8 Å². The molecule has 3 fully saturated rings. The monoisotopic (exact) mass is 398 g/mol. The molecule has 0 saturated carbocycles. The van der Waals surface area contributed by atoms with Gasteiger partial charge in [-0.25, -0.2) is 0 Å². The van der Waals surface area contributed by atoms with Crippen LogP contribution in [-0.2, 0) is 0 Å². The molecule has 0 radical (unpaired) electrons. The van der Waals surface area contributed by atoms with E-state index in [1.807, 2.05) is 0 Å². The Bertz CT molecular complexity index is 266. The summed E-state index contributed by atoms with van der Waals surface area (Å²) >= 11 is 13.2. The molecule has 0 aromatic rings. The highest BCUT2D eigenvalue weighted by atomic mass is 32.2. The quantitative estimate of drug-likeness (QED) is 0.401. The maximum Gasteiger partial charge on any atom is 0.0229 e. The zero-order chi connectivity index (χ0) is 14.5. The van der Waals surface area contributed by atoms with Crippen LogP contribution in [0.4, 0.5) is 0 Å².